The molecule has 72 valence electrons. The van der Waals surface area contributed by atoms with E-state index in [0.717, 1.165) is 0 Å². The van der Waals surface area contributed by atoms with Gasteiger partial charge in [-0.1, -0.05) is 0 Å². The van der Waals surface area contributed by atoms with Crippen LogP contribution < -0.4 is 10.6 Å². The lowest BCUT2D eigenvalue weighted by Crippen LogP contribution is -2.48. The molecule has 0 fully saturated rings. The molecule has 4 heteroatoms. The van der Waals surface area contributed by atoms with Crippen LogP contribution in [0, 0.1) is 0 Å². The fourth-order valence-corrected chi connectivity index (χ4v) is 0.826. The molecule has 0 bridgehead atoms. The molecule has 0 radical (unpaired) electrons. The molecular formula is C8H18N2O2. The third-order valence-corrected chi connectivity index (χ3v) is 1.88. The maximum atomic E-state index is 11.0. The summed E-state index contributed by atoms with van der Waals surface area (Å²) in [6.45, 7) is 5.29. The van der Waals surface area contributed by atoms with Gasteiger partial charge in [0, 0.05) is 13.1 Å². The van der Waals surface area contributed by atoms with E-state index in [-0.39, 0.29) is 18.0 Å². The monoisotopic (exact) mass is 174 g/mol. The van der Waals surface area contributed by atoms with E-state index in [4.69, 9.17) is 5.11 Å². The molecule has 0 aromatic carbocycles. The van der Waals surface area contributed by atoms with Crippen LogP contribution in [0.2, 0.25) is 0 Å². The lowest BCUT2D eigenvalue weighted by molar-refractivity contribution is -0.122. The topological polar surface area (TPSA) is 61.4 Å². The fourth-order valence-electron chi connectivity index (χ4n) is 0.826. The summed E-state index contributed by atoms with van der Waals surface area (Å²) >= 11 is 0. The molecule has 4 nitrogen and oxygen atoms in total. The summed E-state index contributed by atoms with van der Waals surface area (Å²) < 4.78 is 0. The average Bonchev–Trinajstić information content (AvgIpc) is 2.02. The molecule has 3 atom stereocenters. The zero-order valence-corrected chi connectivity index (χ0v) is 8.09. The van der Waals surface area contributed by atoms with Gasteiger partial charge in [-0.05, 0) is 20.8 Å². The first-order chi connectivity index (χ1) is 5.49. The van der Waals surface area contributed by atoms with Gasteiger partial charge < -0.3 is 15.7 Å². The minimum atomic E-state index is -0.447. The summed E-state index contributed by atoms with van der Waals surface area (Å²) in [6, 6.07) is -0.336. The quantitative estimate of drug-likeness (QED) is 0.537. The lowest BCUT2D eigenvalue weighted by Gasteiger charge is -2.20. The van der Waals surface area contributed by atoms with Gasteiger partial charge in [0.1, 0.15) is 0 Å². The Morgan fingerprint density at radius 3 is 2.17 bits per heavy atom. The summed E-state index contributed by atoms with van der Waals surface area (Å²) in [5.41, 5.74) is 0. The summed E-state index contributed by atoms with van der Waals surface area (Å²) in [6.07, 6.45) is -0.447. The molecule has 1 amide bonds. The van der Waals surface area contributed by atoms with Crippen LogP contribution in [0.25, 0.3) is 0 Å². The number of likely N-dealkylation sites (N-methyl/N-ethyl adjacent to an activating group) is 1. The average molecular weight is 174 g/mol. The fraction of sp³-hybridized carbons (Fsp3) is 0.875. The number of nitrogens with one attached hydrogen (secondary N) is 2. The summed E-state index contributed by atoms with van der Waals surface area (Å²) in [5.74, 6) is -0.0671. The van der Waals surface area contributed by atoms with E-state index in [9.17, 15) is 4.79 Å². The van der Waals surface area contributed by atoms with E-state index in [1.807, 2.05) is 6.92 Å². The van der Waals surface area contributed by atoms with Gasteiger partial charge in [-0.25, -0.2) is 0 Å². The first kappa shape index (κ1) is 11.4. The van der Waals surface area contributed by atoms with Gasteiger partial charge in [0.2, 0.25) is 5.91 Å². The molecule has 0 aromatic heterocycles. The van der Waals surface area contributed by atoms with Crippen LogP contribution in [0.1, 0.15) is 20.8 Å². The van der Waals surface area contributed by atoms with Crippen molar-refractivity contribution in [2.75, 3.05) is 7.05 Å². The van der Waals surface area contributed by atoms with Crippen LogP contribution >= 0.6 is 0 Å². The number of carbonyl (C=O) groups is 1. The molecule has 0 aliphatic rings. The van der Waals surface area contributed by atoms with Crippen molar-refractivity contribution < 1.29 is 9.90 Å². The van der Waals surface area contributed by atoms with Crippen LogP contribution in [0.15, 0.2) is 0 Å². The van der Waals surface area contributed by atoms with Crippen LogP contribution in [-0.4, -0.2) is 36.2 Å². The second-order valence-corrected chi connectivity index (χ2v) is 3.03. The SMILES string of the molecule is CNC(=O)C(C)NC(C)C(C)O. The predicted octanol–water partition coefficient (Wildman–Crippen LogP) is -0.520. The Balaban J connectivity index is 3.83. The van der Waals surface area contributed by atoms with Gasteiger partial charge in [0.15, 0.2) is 0 Å². The standard InChI is InChI=1S/C8H18N2O2/c1-5(7(3)11)10-6(2)8(12)9-4/h5-7,10-11H,1-4H3,(H,9,12). The Bertz CT molecular complexity index is 148. The zero-order chi connectivity index (χ0) is 9.72. The second-order valence-electron chi connectivity index (χ2n) is 3.03. The van der Waals surface area contributed by atoms with Gasteiger partial charge in [0.05, 0.1) is 12.1 Å². The number of hydrogen-bond acceptors (Lipinski definition) is 3. The van der Waals surface area contributed by atoms with E-state index in [1.54, 1.807) is 20.9 Å². The first-order valence-electron chi connectivity index (χ1n) is 4.14. The van der Waals surface area contributed by atoms with Crippen molar-refractivity contribution in [1.29, 1.82) is 0 Å². The number of rotatable bonds is 4. The number of aliphatic hydroxyl groups is 1. The molecule has 0 rings (SSSR count). The van der Waals surface area contributed by atoms with E-state index >= 15 is 0 Å². The van der Waals surface area contributed by atoms with E-state index in [0.29, 0.717) is 0 Å². The summed E-state index contributed by atoms with van der Waals surface area (Å²) in [5, 5.41) is 14.6. The maximum Gasteiger partial charge on any atom is 0.236 e. The number of amides is 1. The summed E-state index contributed by atoms with van der Waals surface area (Å²) in [7, 11) is 1.59. The van der Waals surface area contributed by atoms with E-state index < -0.39 is 6.10 Å². The van der Waals surface area contributed by atoms with E-state index in [1.165, 1.54) is 0 Å². The van der Waals surface area contributed by atoms with Crippen molar-refractivity contribution in [3.8, 4) is 0 Å². The first-order valence-corrected chi connectivity index (χ1v) is 4.14. The van der Waals surface area contributed by atoms with Crippen molar-refractivity contribution in [2.45, 2.75) is 39.0 Å². The molecule has 0 spiro atoms. The number of aliphatic hydroxyl groups excluding tert-OH is 1. The van der Waals surface area contributed by atoms with Crippen LogP contribution in [-0.2, 0) is 4.79 Å². The third kappa shape index (κ3) is 3.69. The van der Waals surface area contributed by atoms with Gasteiger partial charge in [-0.2, -0.15) is 0 Å². The maximum absolute atomic E-state index is 11.0. The molecule has 0 aliphatic heterocycles. The zero-order valence-electron chi connectivity index (χ0n) is 8.09. The van der Waals surface area contributed by atoms with Crippen molar-refractivity contribution in [3.05, 3.63) is 0 Å². The van der Waals surface area contributed by atoms with E-state index in [2.05, 4.69) is 10.6 Å². The van der Waals surface area contributed by atoms with Crippen molar-refractivity contribution in [2.24, 2.45) is 0 Å². The highest BCUT2D eigenvalue weighted by atomic mass is 16.3. The van der Waals surface area contributed by atoms with Gasteiger partial charge in [0.25, 0.3) is 0 Å². The van der Waals surface area contributed by atoms with Gasteiger partial charge in [-0.3, -0.25) is 4.79 Å². The highest BCUT2D eigenvalue weighted by molar-refractivity contribution is 5.80. The molecular weight excluding hydrogens is 156 g/mol. The molecule has 0 aliphatic carbocycles. The van der Waals surface area contributed by atoms with Gasteiger partial charge >= 0.3 is 0 Å². The predicted molar refractivity (Wildman–Crippen MR) is 47.8 cm³/mol. The van der Waals surface area contributed by atoms with Crippen LogP contribution in [0.5, 0.6) is 0 Å². The molecule has 0 saturated heterocycles. The largest absolute Gasteiger partial charge is 0.392 e. The Hall–Kier alpha value is -0.610. The second kappa shape index (κ2) is 5.11. The molecule has 3 N–H and O–H groups in total. The Morgan fingerprint density at radius 1 is 1.33 bits per heavy atom. The Morgan fingerprint density at radius 2 is 1.83 bits per heavy atom. The van der Waals surface area contributed by atoms with Crippen molar-refractivity contribution >= 4 is 5.91 Å². The smallest absolute Gasteiger partial charge is 0.236 e. The normalized spacial score (nSPS) is 18.1. The minimum absolute atomic E-state index is 0.0671. The third-order valence-electron chi connectivity index (χ3n) is 1.88. The lowest BCUT2D eigenvalue weighted by atomic mass is 10.2. The molecule has 12 heavy (non-hydrogen) atoms. The Kier molecular flexibility index (Phi) is 4.85. The Labute approximate surface area is 73.3 Å². The highest BCUT2D eigenvalue weighted by Gasteiger charge is 2.15. The van der Waals surface area contributed by atoms with Crippen molar-refractivity contribution in [3.63, 3.8) is 0 Å². The van der Waals surface area contributed by atoms with Gasteiger partial charge in [-0.15, -0.1) is 0 Å². The number of hydrogen-bond donors (Lipinski definition) is 3. The van der Waals surface area contributed by atoms with Crippen LogP contribution in [0.3, 0.4) is 0 Å². The molecule has 0 saturated carbocycles. The van der Waals surface area contributed by atoms with Crippen molar-refractivity contribution in [1.82, 2.24) is 10.6 Å². The molecule has 3 unspecified atom stereocenters. The molecule has 0 heterocycles. The highest BCUT2D eigenvalue weighted by Crippen LogP contribution is 1.93. The minimum Gasteiger partial charge on any atom is -0.392 e. The van der Waals surface area contributed by atoms with Crippen LogP contribution in [0.4, 0.5) is 0 Å². The number of carbonyl (C=O) groups excluding carboxylic acids is 1. The molecule has 0 aromatic rings. The summed E-state index contributed by atoms with van der Waals surface area (Å²) in [4.78, 5) is 11.0.